The molecule has 0 radical (unpaired) electrons. The monoisotopic (exact) mass is 365 g/mol. The molecule has 1 fully saturated rings. The molecule has 2 atom stereocenters. The van der Waals surface area contributed by atoms with Gasteiger partial charge in [-0.2, -0.15) is 0 Å². The van der Waals surface area contributed by atoms with Gasteiger partial charge in [-0.05, 0) is 62.4 Å². The first-order valence-electron chi connectivity index (χ1n) is 10.1. The van der Waals surface area contributed by atoms with E-state index >= 15 is 0 Å². The highest BCUT2D eigenvalue weighted by molar-refractivity contribution is 5.49. The summed E-state index contributed by atoms with van der Waals surface area (Å²) in [6.45, 7) is 5.40. The Morgan fingerprint density at radius 1 is 1.00 bits per heavy atom. The predicted molar refractivity (Wildman–Crippen MR) is 105 cm³/mol. The summed E-state index contributed by atoms with van der Waals surface area (Å²) in [5.74, 6) is 2.34. The molecule has 2 aromatic rings. The van der Waals surface area contributed by atoms with E-state index in [-0.39, 0.29) is 12.1 Å². The van der Waals surface area contributed by atoms with Crippen molar-refractivity contribution in [3.63, 3.8) is 0 Å². The number of ether oxygens (including phenoxy) is 2. The fourth-order valence-electron chi connectivity index (χ4n) is 5.01. The molecular weight excluding hydrogens is 338 g/mol. The van der Waals surface area contributed by atoms with E-state index in [0.717, 1.165) is 49.4 Å². The maximum atomic E-state index is 10.9. The summed E-state index contributed by atoms with van der Waals surface area (Å²) in [5, 5.41) is 10.9. The van der Waals surface area contributed by atoms with Gasteiger partial charge in [-0.15, -0.1) is 0 Å². The van der Waals surface area contributed by atoms with Crippen LogP contribution in [0.4, 0.5) is 0 Å². The predicted octanol–water partition coefficient (Wildman–Crippen LogP) is 3.60. The normalized spacial score (nSPS) is 25.4. The fourth-order valence-corrected chi connectivity index (χ4v) is 5.01. The summed E-state index contributed by atoms with van der Waals surface area (Å²) in [6.07, 6.45) is 2.79. The van der Waals surface area contributed by atoms with Crippen LogP contribution in [0.3, 0.4) is 0 Å². The van der Waals surface area contributed by atoms with Crippen LogP contribution < -0.4 is 9.47 Å². The summed E-state index contributed by atoms with van der Waals surface area (Å²) in [5.41, 5.74) is 4.95. The molecule has 2 heterocycles. The zero-order valence-electron chi connectivity index (χ0n) is 15.9. The third kappa shape index (κ3) is 3.01. The number of fused-ring (bicyclic) bond motifs is 2. The Bertz CT molecular complexity index is 842. The van der Waals surface area contributed by atoms with Crippen LogP contribution in [-0.2, 0) is 6.42 Å². The van der Waals surface area contributed by atoms with Gasteiger partial charge < -0.3 is 14.6 Å². The Labute approximate surface area is 160 Å². The number of rotatable bonds is 2. The van der Waals surface area contributed by atoms with Crippen molar-refractivity contribution in [3.05, 3.63) is 58.7 Å². The van der Waals surface area contributed by atoms with Crippen molar-refractivity contribution >= 4 is 0 Å². The topological polar surface area (TPSA) is 41.9 Å². The minimum Gasteiger partial charge on any atom is -0.486 e. The molecule has 5 rings (SSSR count). The van der Waals surface area contributed by atoms with Gasteiger partial charge >= 0.3 is 0 Å². The Balaban J connectivity index is 1.29. The van der Waals surface area contributed by atoms with Crippen molar-refractivity contribution in [2.75, 3.05) is 26.3 Å². The lowest BCUT2D eigenvalue weighted by atomic mass is 9.87. The second-order valence-electron chi connectivity index (χ2n) is 8.10. The number of likely N-dealkylation sites (tertiary alicyclic amines) is 1. The lowest BCUT2D eigenvalue weighted by Crippen LogP contribution is -2.43. The highest BCUT2D eigenvalue weighted by Crippen LogP contribution is 2.43. The van der Waals surface area contributed by atoms with E-state index in [1.807, 2.05) is 6.07 Å². The third-order valence-electron chi connectivity index (χ3n) is 6.45. The molecule has 0 spiro atoms. The fraction of sp³-hybridized carbons (Fsp3) is 0.478. The first-order valence-corrected chi connectivity index (χ1v) is 10.1. The van der Waals surface area contributed by atoms with Crippen LogP contribution in [0.5, 0.6) is 11.5 Å². The van der Waals surface area contributed by atoms with E-state index in [1.54, 1.807) is 0 Å². The summed E-state index contributed by atoms with van der Waals surface area (Å²) in [6, 6.07) is 13.0. The third-order valence-corrected chi connectivity index (χ3v) is 6.45. The maximum absolute atomic E-state index is 10.9. The SMILES string of the molecule is Cc1ccc2c(c1)C(O)C(N1CCC(c3cccc4c3OCCO4)CC1)C2. The smallest absolute Gasteiger partial charge is 0.164 e. The van der Waals surface area contributed by atoms with Gasteiger partial charge in [0.05, 0.1) is 6.10 Å². The van der Waals surface area contributed by atoms with Crippen molar-refractivity contribution in [1.29, 1.82) is 0 Å². The highest BCUT2D eigenvalue weighted by atomic mass is 16.6. The number of aliphatic hydroxyl groups excluding tert-OH is 1. The lowest BCUT2D eigenvalue weighted by molar-refractivity contribution is 0.0454. The molecule has 0 bridgehead atoms. The van der Waals surface area contributed by atoms with Gasteiger partial charge in [0.2, 0.25) is 0 Å². The minimum atomic E-state index is -0.363. The number of benzene rings is 2. The average Bonchev–Trinajstić information content (AvgIpc) is 3.04. The van der Waals surface area contributed by atoms with E-state index in [1.165, 1.54) is 16.7 Å². The van der Waals surface area contributed by atoms with E-state index in [4.69, 9.17) is 9.47 Å². The molecular formula is C23H27NO3. The van der Waals surface area contributed by atoms with Crippen LogP contribution in [0.25, 0.3) is 0 Å². The Morgan fingerprint density at radius 2 is 1.81 bits per heavy atom. The summed E-state index contributed by atoms with van der Waals surface area (Å²) in [4.78, 5) is 2.49. The molecule has 3 aliphatic rings. The van der Waals surface area contributed by atoms with Crippen LogP contribution in [0.2, 0.25) is 0 Å². The number of hydrogen-bond acceptors (Lipinski definition) is 4. The van der Waals surface area contributed by atoms with E-state index < -0.39 is 0 Å². The van der Waals surface area contributed by atoms with Crippen molar-refractivity contribution in [3.8, 4) is 11.5 Å². The van der Waals surface area contributed by atoms with Crippen molar-refractivity contribution in [2.24, 2.45) is 0 Å². The van der Waals surface area contributed by atoms with Gasteiger partial charge in [0.15, 0.2) is 11.5 Å². The first kappa shape index (κ1) is 17.1. The highest BCUT2D eigenvalue weighted by Gasteiger charge is 2.37. The summed E-state index contributed by atoms with van der Waals surface area (Å²) < 4.78 is 11.7. The molecule has 27 heavy (non-hydrogen) atoms. The zero-order valence-corrected chi connectivity index (χ0v) is 15.9. The Hall–Kier alpha value is -2.04. The number of para-hydroxylation sites is 1. The number of aryl methyl sites for hydroxylation is 1. The van der Waals surface area contributed by atoms with Crippen LogP contribution >= 0.6 is 0 Å². The molecule has 1 N–H and O–H groups in total. The van der Waals surface area contributed by atoms with Gasteiger partial charge in [0.25, 0.3) is 0 Å². The molecule has 2 unspecified atom stereocenters. The molecule has 142 valence electrons. The second kappa shape index (κ2) is 6.84. The van der Waals surface area contributed by atoms with Crippen molar-refractivity contribution in [1.82, 2.24) is 4.90 Å². The van der Waals surface area contributed by atoms with Gasteiger partial charge in [0, 0.05) is 11.6 Å². The quantitative estimate of drug-likeness (QED) is 0.883. The van der Waals surface area contributed by atoms with Crippen molar-refractivity contribution in [2.45, 2.75) is 44.2 Å². The maximum Gasteiger partial charge on any atom is 0.164 e. The Kier molecular flexibility index (Phi) is 4.33. The van der Waals surface area contributed by atoms with Gasteiger partial charge in [0.1, 0.15) is 13.2 Å². The molecule has 4 nitrogen and oxygen atoms in total. The molecule has 0 aromatic heterocycles. The van der Waals surface area contributed by atoms with Crippen molar-refractivity contribution < 1.29 is 14.6 Å². The molecule has 0 saturated carbocycles. The number of hydrogen-bond donors (Lipinski definition) is 1. The molecule has 0 amide bonds. The van der Waals surface area contributed by atoms with Gasteiger partial charge in [-0.1, -0.05) is 35.9 Å². The second-order valence-corrected chi connectivity index (χ2v) is 8.10. The van der Waals surface area contributed by atoms with Crippen LogP contribution in [0.15, 0.2) is 36.4 Å². The molecule has 1 saturated heterocycles. The van der Waals surface area contributed by atoms with Crippen LogP contribution in [-0.4, -0.2) is 42.4 Å². The van der Waals surface area contributed by atoms with E-state index in [9.17, 15) is 5.11 Å². The number of aliphatic hydroxyl groups is 1. The van der Waals surface area contributed by atoms with E-state index in [0.29, 0.717) is 19.1 Å². The first-order chi connectivity index (χ1) is 13.2. The standard InChI is InChI=1S/C23H27NO3/c1-15-5-6-17-14-20(22(25)19(17)13-15)24-9-7-16(8-10-24)18-3-2-4-21-23(18)27-12-11-26-21/h2-6,13,16,20,22,25H,7-12,14H2,1H3. The number of nitrogens with zero attached hydrogens (tertiary/aromatic N) is 1. The van der Waals surface area contributed by atoms with Gasteiger partial charge in [-0.3, -0.25) is 4.90 Å². The van der Waals surface area contributed by atoms with Gasteiger partial charge in [-0.25, -0.2) is 0 Å². The summed E-state index contributed by atoms with van der Waals surface area (Å²) >= 11 is 0. The number of piperidine rings is 1. The van der Waals surface area contributed by atoms with Crippen LogP contribution in [0, 0.1) is 6.92 Å². The summed E-state index contributed by atoms with van der Waals surface area (Å²) in [7, 11) is 0. The Morgan fingerprint density at radius 3 is 2.67 bits per heavy atom. The average molecular weight is 365 g/mol. The van der Waals surface area contributed by atoms with Crippen LogP contribution in [0.1, 0.15) is 47.1 Å². The molecule has 2 aliphatic heterocycles. The van der Waals surface area contributed by atoms with E-state index in [2.05, 4.69) is 42.2 Å². The molecule has 2 aromatic carbocycles. The molecule has 1 aliphatic carbocycles. The lowest BCUT2D eigenvalue weighted by Gasteiger charge is -2.38. The minimum absolute atomic E-state index is 0.215. The zero-order chi connectivity index (χ0) is 18.4. The largest absolute Gasteiger partial charge is 0.486 e. The molecule has 4 heteroatoms.